The number of nitrogens with zero attached hydrogens (tertiary/aromatic N) is 1. The van der Waals surface area contributed by atoms with Crippen LogP contribution in [0.15, 0.2) is 18.2 Å². The molecule has 0 radical (unpaired) electrons. The van der Waals surface area contributed by atoms with Gasteiger partial charge >= 0.3 is 0 Å². The fourth-order valence-electron chi connectivity index (χ4n) is 2.55. The molecule has 0 aliphatic heterocycles. The van der Waals surface area contributed by atoms with Gasteiger partial charge in [-0.05, 0) is 29.9 Å². The first-order chi connectivity index (χ1) is 7.78. The Morgan fingerprint density at radius 3 is 2.29 bits per heavy atom. The highest BCUT2D eigenvalue weighted by Crippen LogP contribution is 2.60. The zero-order chi connectivity index (χ0) is 12.8. The number of halogens is 1. The van der Waals surface area contributed by atoms with E-state index >= 15 is 0 Å². The van der Waals surface area contributed by atoms with E-state index in [1.54, 1.807) is 6.07 Å². The van der Waals surface area contributed by atoms with Crippen LogP contribution < -0.4 is 0 Å². The van der Waals surface area contributed by atoms with E-state index in [1.165, 1.54) is 6.07 Å². The molecule has 0 heterocycles. The van der Waals surface area contributed by atoms with Crippen molar-refractivity contribution in [3.05, 3.63) is 39.7 Å². The van der Waals surface area contributed by atoms with Gasteiger partial charge in [0.05, 0.1) is 11.0 Å². The Morgan fingerprint density at radius 1 is 1.35 bits per heavy atom. The van der Waals surface area contributed by atoms with Crippen LogP contribution in [0, 0.1) is 21.3 Å². The Balaban J connectivity index is 2.45. The maximum Gasteiger partial charge on any atom is 0.272 e. The molecule has 0 amide bonds. The molecule has 3 nitrogen and oxygen atoms in total. The van der Waals surface area contributed by atoms with Crippen molar-refractivity contribution in [3.63, 3.8) is 0 Å². The van der Waals surface area contributed by atoms with E-state index in [0.717, 1.165) is 18.9 Å². The van der Waals surface area contributed by atoms with E-state index in [-0.39, 0.29) is 16.5 Å². The van der Waals surface area contributed by atoms with Crippen molar-refractivity contribution in [2.45, 2.75) is 39.0 Å². The second-order valence-electron chi connectivity index (χ2n) is 5.75. The Hall–Kier alpha value is -1.45. The minimum atomic E-state index is -0.566. The first kappa shape index (κ1) is 12.0. The standard InChI is InChI=1S/C13H16FNO2/c1-12(2,3)13(6-7-13)10-5-4-9(15(16)17)8-11(10)14/h4-5,8H,6-7H2,1-3H3. The number of nitro benzene ring substituents is 1. The normalized spacial score (nSPS) is 17.9. The molecule has 0 atom stereocenters. The van der Waals surface area contributed by atoms with Crippen molar-refractivity contribution in [1.29, 1.82) is 0 Å². The highest BCUT2D eigenvalue weighted by molar-refractivity contribution is 5.41. The number of hydrogen-bond donors (Lipinski definition) is 0. The zero-order valence-corrected chi connectivity index (χ0v) is 10.3. The lowest BCUT2D eigenvalue weighted by molar-refractivity contribution is -0.385. The van der Waals surface area contributed by atoms with Crippen molar-refractivity contribution in [2.24, 2.45) is 5.41 Å². The maximum atomic E-state index is 14.0. The fraction of sp³-hybridized carbons (Fsp3) is 0.538. The fourth-order valence-corrected chi connectivity index (χ4v) is 2.55. The van der Waals surface area contributed by atoms with Crippen LogP contribution in [0.3, 0.4) is 0 Å². The summed E-state index contributed by atoms with van der Waals surface area (Å²) in [5.41, 5.74) is 0.266. The number of non-ortho nitro benzene ring substituents is 1. The number of rotatable bonds is 2. The Bertz CT molecular complexity index is 473. The third-order valence-electron chi connectivity index (χ3n) is 3.86. The van der Waals surface area contributed by atoms with Gasteiger partial charge in [0.2, 0.25) is 0 Å². The van der Waals surface area contributed by atoms with E-state index in [1.807, 2.05) is 0 Å². The lowest BCUT2D eigenvalue weighted by Gasteiger charge is -2.31. The summed E-state index contributed by atoms with van der Waals surface area (Å²) in [5, 5.41) is 10.6. The van der Waals surface area contributed by atoms with Crippen molar-refractivity contribution >= 4 is 5.69 Å². The number of benzene rings is 1. The summed E-state index contributed by atoms with van der Waals surface area (Å²) in [6, 6.07) is 4.00. The van der Waals surface area contributed by atoms with Crippen LogP contribution >= 0.6 is 0 Å². The monoisotopic (exact) mass is 237 g/mol. The highest BCUT2D eigenvalue weighted by atomic mass is 19.1. The third kappa shape index (κ3) is 1.81. The van der Waals surface area contributed by atoms with Crippen LogP contribution in [0.4, 0.5) is 10.1 Å². The summed E-state index contributed by atoms with van der Waals surface area (Å²) >= 11 is 0. The lowest BCUT2D eigenvalue weighted by Crippen LogP contribution is -2.27. The minimum absolute atomic E-state index is 0.0238. The van der Waals surface area contributed by atoms with E-state index in [0.29, 0.717) is 5.56 Å². The molecular weight excluding hydrogens is 221 g/mol. The zero-order valence-electron chi connectivity index (χ0n) is 10.3. The van der Waals surface area contributed by atoms with Gasteiger partial charge in [-0.25, -0.2) is 4.39 Å². The topological polar surface area (TPSA) is 43.1 Å². The van der Waals surface area contributed by atoms with Gasteiger partial charge in [0, 0.05) is 11.5 Å². The van der Waals surface area contributed by atoms with Crippen LogP contribution in [-0.2, 0) is 5.41 Å². The van der Waals surface area contributed by atoms with Gasteiger partial charge < -0.3 is 0 Å². The Kier molecular flexibility index (Phi) is 2.49. The van der Waals surface area contributed by atoms with Gasteiger partial charge in [0.1, 0.15) is 5.82 Å². The summed E-state index contributed by atoms with van der Waals surface area (Å²) in [5.74, 6) is -0.452. The minimum Gasteiger partial charge on any atom is -0.258 e. The van der Waals surface area contributed by atoms with E-state index in [2.05, 4.69) is 20.8 Å². The smallest absolute Gasteiger partial charge is 0.258 e. The molecule has 0 unspecified atom stereocenters. The molecule has 0 aromatic heterocycles. The average molecular weight is 237 g/mol. The van der Waals surface area contributed by atoms with Crippen molar-refractivity contribution in [2.75, 3.05) is 0 Å². The maximum absolute atomic E-state index is 14.0. The second-order valence-corrected chi connectivity index (χ2v) is 5.75. The van der Waals surface area contributed by atoms with Crippen LogP contribution in [0.5, 0.6) is 0 Å². The molecule has 0 bridgehead atoms. The SMILES string of the molecule is CC(C)(C)C1(c2ccc([N+](=O)[O-])cc2F)CC1. The summed E-state index contributed by atoms with van der Waals surface area (Å²) < 4.78 is 14.0. The second kappa shape index (κ2) is 3.52. The lowest BCUT2D eigenvalue weighted by atomic mass is 9.73. The number of nitro groups is 1. The molecule has 92 valence electrons. The molecule has 0 N–H and O–H groups in total. The summed E-state index contributed by atoms with van der Waals surface area (Å²) in [7, 11) is 0. The predicted octanol–water partition coefficient (Wildman–Crippen LogP) is 3.81. The third-order valence-corrected chi connectivity index (χ3v) is 3.86. The average Bonchev–Trinajstić information content (AvgIpc) is 2.97. The summed E-state index contributed by atoms with van der Waals surface area (Å²) in [6.07, 6.45) is 1.90. The predicted molar refractivity (Wildman–Crippen MR) is 63.4 cm³/mol. The van der Waals surface area contributed by atoms with Gasteiger partial charge in [0.25, 0.3) is 5.69 Å². The molecule has 0 saturated heterocycles. The molecular formula is C13H16FNO2. The van der Waals surface area contributed by atoms with E-state index in [9.17, 15) is 14.5 Å². The van der Waals surface area contributed by atoms with E-state index < -0.39 is 10.7 Å². The van der Waals surface area contributed by atoms with Crippen LogP contribution in [-0.4, -0.2) is 4.92 Å². The summed E-state index contributed by atoms with van der Waals surface area (Å²) in [4.78, 5) is 10.00. The quantitative estimate of drug-likeness (QED) is 0.579. The Morgan fingerprint density at radius 2 is 1.94 bits per heavy atom. The van der Waals surface area contributed by atoms with Gasteiger partial charge in [-0.2, -0.15) is 0 Å². The van der Waals surface area contributed by atoms with Crippen LogP contribution in [0.1, 0.15) is 39.2 Å². The van der Waals surface area contributed by atoms with Crippen LogP contribution in [0.25, 0.3) is 0 Å². The summed E-state index contributed by atoms with van der Waals surface area (Å²) in [6.45, 7) is 6.25. The molecule has 2 rings (SSSR count). The molecule has 0 spiro atoms. The van der Waals surface area contributed by atoms with Crippen molar-refractivity contribution < 1.29 is 9.31 Å². The van der Waals surface area contributed by atoms with Gasteiger partial charge in [-0.1, -0.05) is 20.8 Å². The van der Waals surface area contributed by atoms with E-state index in [4.69, 9.17) is 0 Å². The molecule has 1 aromatic carbocycles. The first-order valence-electron chi connectivity index (χ1n) is 5.72. The number of hydrogen-bond acceptors (Lipinski definition) is 2. The van der Waals surface area contributed by atoms with Crippen molar-refractivity contribution in [3.8, 4) is 0 Å². The molecule has 1 aromatic rings. The first-order valence-corrected chi connectivity index (χ1v) is 5.72. The molecule has 1 fully saturated rings. The molecule has 17 heavy (non-hydrogen) atoms. The Labute approximate surface area is 99.8 Å². The van der Waals surface area contributed by atoms with Gasteiger partial charge in [0.15, 0.2) is 0 Å². The van der Waals surface area contributed by atoms with Gasteiger partial charge in [-0.3, -0.25) is 10.1 Å². The molecule has 1 aliphatic carbocycles. The highest BCUT2D eigenvalue weighted by Gasteiger charge is 2.54. The molecule has 1 aliphatic rings. The van der Waals surface area contributed by atoms with Crippen molar-refractivity contribution in [1.82, 2.24) is 0 Å². The molecule has 4 heteroatoms. The molecule has 1 saturated carbocycles. The largest absolute Gasteiger partial charge is 0.272 e. The van der Waals surface area contributed by atoms with Gasteiger partial charge in [-0.15, -0.1) is 0 Å². The van der Waals surface area contributed by atoms with Crippen LogP contribution in [0.2, 0.25) is 0 Å².